The van der Waals surface area contributed by atoms with Crippen LogP contribution in [-0.2, 0) is 6.54 Å². The van der Waals surface area contributed by atoms with Crippen LogP contribution in [0.4, 0.5) is 10.3 Å². The van der Waals surface area contributed by atoms with Gasteiger partial charge < -0.3 is 19.2 Å². The van der Waals surface area contributed by atoms with Gasteiger partial charge in [-0.05, 0) is 61.5 Å². The fourth-order valence-corrected chi connectivity index (χ4v) is 4.29. The minimum atomic E-state index is -0.313. The SMILES string of the molecule is CC(C)CN(Cc1c(-c2ccc(F)cc2)noc1N1CCN(C)CC1)C(=O)c1ccc(Cl)cc1. The summed E-state index contributed by atoms with van der Waals surface area (Å²) in [7, 11) is 2.09. The molecule has 1 aliphatic rings. The lowest BCUT2D eigenvalue weighted by molar-refractivity contribution is 0.0723. The molecule has 0 N–H and O–H groups in total. The molecule has 180 valence electrons. The summed E-state index contributed by atoms with van der Waals surface area (Å²) in [6.07, 6.45) is 0. The van der Waals surface area contributed by atoms with Gasteiger partial charge in [0.1, 0.15) is 11.5 Å². The van der Waals surface area contributed by atoms with E-state index < -0.39 is 0 Å². The maximum Gasteiger partial charge on any atom is 0.254 e. The van der Waals surface area contributed by atoms with Crippen molar-refractivity contribution in [3.05, 3.63) is 70.5 Å². The van der Waals surface area contributed by atoms with Crippen molar-refractivity contribution in [3.63, 3.8) is 0 Å². The van der Waals surface area contributed by atoms with Crippen molar-refractivity contribution in [1.82, 2.24) is 15.0 Å². The number of hydrogen-bond donors (Lipinski definition) is 0. The molecule has 0 saturated carbocycles. The third-order valence-corrected chi connectivity index (χ3v) is 6.24. The third-order valence-electron chi connectivity index (χ3n) is 5.99. The highest BCUT2D eigenvalue weighted by atomic mass is 35.5. The summed E-state index contributed by atoms with van der Waals surface area (Å²) in [4.78, 5) is 19.8. The Morgan fingerprint density at radius 1 is 1.09 bits per heavy atom. The second-order valence-corrected chi connectivity index (χ2v) is 9.63. The first kappa shape index (κ1) is 24.2. The molecule has 34 heavy (non-hydrogen) atoms. The number of hydrogen-bond acceptors (Lipinski definition) is 5. The van der Waals surface area contributed by atoms with Crippen LogP contribution < -0.4 is 4.90 Å². The van der Waals surface area contributed by atoms with Gasteiger partial charge >= 0.3 is 0 Å². The van der Waals surface area contributed by atoms with Crippen molar-refractivity contribution in [1.29, 1.82) is 0 Å². The first-order chi connectivity index (χ1) is 16.3. The van der Waals surface area contributed by atoms with E-state index in [1.54, 1.807) is 36.4 Å². The van der Waals surface area contributed by atoms with E-state index in [1.165, 1.54) is 12.1 Å². The number of carbonyl (C=O) groups excluding carboxylic acids is 1. The highest BCUT2D eigenvalue weighted by Gasteiger charge is 2.28. The van der Waals surface area contributed by atoms with E-state index in [2.05, 4.69) is 35.9 Å². The molecule has 0 unspecified atom stereocenters. The summed E-state index contributed by atoms with van der Waals surface area (Å²) >= 11 is 6.03. The van der Waals surface area contributed by atoms with Crippen LogP contribution >= 0.6 is 11.6 Å². The molecular weight excluding hydrogens is 455 g/mol. The standard InChI is InChI=1S/C26H30ClFN4O2/c1-18(2)16-32(25(33)20-4-8-21(27)9-5-20)17-23-24(19-6-10-22(28)11-7-19)29-34-26(23)31-14-12-30(3)13-15-31/h4-11,18H,12-17H2,1-3H3. The molecule has 4 rings (SSSR count). The summed E-state index contributed by atoms with van der Waals surface area (Å²) in [5.74, 6) is 0.538. The van der Waals surface area contributed by atoms with E-state index in [0.717, 1.165) is 37.3 Å². The number of benzene rings is 2. The number of aromatic nitrogens is 1. The number of amides is 1. The van der Waals surface area contributed by atoms with Gasteiger partial charge in [-0.2, -0.15) is 0 Å². The molecule has 6 nitrogen and oxygen atoms in total. The van der Waals surface area contributed by atoms with E-state index in [1.807, 2.05) is 4.90 Å². The van der Waals surface area contributed by atoms with Crippen LogP contribution in [0.25, 0.3) is 11.3 Å². The fourth-order valence-electron chi connectivity index (χ4n) is 4.16. The van der Waals surface area contributed by atoms with Crippen LogP contribution in [0.2, 0.25) is 5.02 Å². The molecule has 8 heteroatoms. The van der Waals surface area contributed by atoms with Crippen molar-refractivity contribution < 1.29 is 13.7 Å². The quantitative estimate of drug-likeness (QED) is 0.462. The molecule has 0 bridgehead atoms. The Morgan fingerprint density at radius 3 is 2.35 bits per heavy atom. The number of piperazine rings is 1. The average molecular weight is 485 g/mol. The van der Waals surface area contributed by atoms with Gasteiger partial charge in [-0.15, -0.1) is 0 Å². The van der Waals surface area contributed by atoms with Gasteiger partial charge in [0.2, 0.25) is 5.88 Å². The summed E-state index contributed by atoms with van der Waals surface area (Å²) in [5, 5.41) is 4.96. The zero-order valence-corrected chi connectivity index (χ0v) is 20.6. The second kappa shape index (κ2) is 10.6. The third kappa shape index (κ3) is 5.59. The van der Waals surface area contributed by atoms with E-state index in [0.29, 0.717) is 35.3 Å². The van der Waals surface area contributed by atoms with Crippen molar-refractivity contribution in [2.45, 2.75) is 20.4 Å². The predicted octanol–water partition coefficient (Wildman–Crippen LogP) is 5.18. The van der Waals surface area contributed by atoms with Crippen molar-refractivity contribution >= 4 is 23.4 Å². The summed E-state index contributed by atoms with van der Waals surface area (Å²) in [5.41, 5.74) is 2.79. The van der Waals surface area contributed by atoms with Crippen LogP contribution in [0.3, 0.4) is 0 Å². The molecule has 1 aromatic heterocycles. The first-order valence-corrected chi connectivity index (χ1v) is 11.9. The molecule has 2 heterocycles. The zero-order valence-electron chi connectivity index (χ0n) is 19.8. The summed E-state index contributed by atoms with van der Waals surface area (Å²) in [6, 6.07) is 13.1. The van der Waals surface area contributed by atoms with E-state index in [9.17, 15) is 9.18 Å². The Morgan fingerprint density at radius 2 is 1.74 bits per heavy atom. The normalized spacial score (nSPS) is 14.6. The number of halogens is 2. The lowest BCUT2D eigenvalue weighted by Crippen LogP contribution is -2.45. The maximum atomic E-state index is 13.6. The number of anilines is 1. The van der Waals surface area contributed by atoms with Crippen LogP contribution in [0.1, 0.15) is 29.8 Å². The maximum absolute atomic E-state index is 13.6. The molecule has 0 atom stereocenters. The molecule has 0 spiro atoms. The molecule has 1 aliphatic heterocycles. The molecule has 3 aromatic rings. The van der Waals surface area contributed by atoms with Gasteiger partial charge in [-0.3, -0.25) is 4.79 Å². The largest absolute Gasteiger partial charge is 0.338 e. The van der Waals surface area contributed by atoms with Crippen molar-refractivity contribution in [2.75, 3.05) is 44.7 Å². The predicted molar refractivity (Wildman–Crippen MR) is 133 cm³/mol. The zero-order chi connectivity index (χ0) is 24.2. The minimum absolute atomic E-state index is 0.0825. The van der Waals surface area contributed by atoms with Crippen LogP contribution in [0.5, 0.6) is 0 Å². The highest BCUT2D eigenvalue weighted by molar-refractivity contribution is 6.30. The van der Waals surface area contributed by atoms with E-state index in [4.69, 9.17) is 16.1 Å². The molecule has 1 fully saturated rings. The Bertz CT molecular complexity index is 1110. The van der Waals surface area contributed by atoms with Gasteiger partial charge in [0.15, 0.2) is 0 Å². The summed E-state index contributed by atoms with van der Waals surface area (Å²) < 4.78 is 19.5. The fraction of sp³-hybridized carbons (Fsp3) is 0.385. The Kier molecular flexibility index (Phi) is 7.54. The Hall–Kier alpha value is -2.90. The topological polar surface area (TPSA) is 52.8 Å². The van der Waals surface area contributed by atoms with Crippen molar-refractivity contribution in [2.24, 2.45) is 5.92 Å². The number of likely N-dealkylation sites (N-methyl/N-ethyl adjacent to an activating group) is 1. The lowest BCUT2D eigenvalue weighted by atomic mass is 10.0. The molecule has 1 amide bonds. The molecular formula is C26H30ClFN4O2. The summed E-state index contributed by atoms with van der Waals surface area (Å²) in [6.45, 7) is 8.48. The van der Waals surface area contributed by atoms with Crippen LogP contribution in [-0.4, -0.2) is 60.6 Å². The molecule has 2 aromatic carbocycles. The molecule has 0 aliphatic carbocycles. The van der Waals surface area contributed by atoms with Gasteiger partial charge in [-0.25, -0.2) is 4.39 Å². The monoisotopic (exact) mass is 484 g/mol. The Labute approximate surface area is 204 Å². The number of carbonyl (C=O) groups is 1. The van der Waals surface area contributed by atoms with Crippen molar-refractivity contribution in [3.8, 4) is 11.3 Å². The van der Waals surface area contributed by atoms with Crippen LogP contribution in [0, 0.1) is 11.7 Å². The smallest absolute Gasteiger partial charge is 0.254 e. The Balaban J connectivity index is 1.72. The lowest BCUT2D eigenvalue weighted by Gasteiger charge is -2.33. The highest BCUT2D eigenvalue weighted by Crippen LogP contribution is 2.33. The van der Waals surface area contributed by atoms with Gasteiger partial charge in [0.25, 0.3) is 5.91 Å². The van der Waals surface area contributed by atoms with Gasteiger partial charge in [-0.1, -0.05) is 30.6 Å². The minimum Gasteiger partial charge on any atom is -0.338 e. The first-order valence-electron chi connectivity index (χ1n) is 11.5. The molecule has 0 radical (unpaired) electrons. The van der Waals surface area contributed by atoms with Gasteiger partial charge in [0.05, 0.1) is 12.1 Å². The average Bonchev–Trinajstić information content (AvgIpc) is 3.23. The molecule has 1 saturated heterocycles. The second-order valence-electron chi connectivity index (χ2n) is 9.20. The van der Waals surface area contributed by atoms with Gasteiger partial charge in [0, 0.05) is 48.9 Å². The van der Waals surface area contributed by atoms with E-state index >= 15 is 0 Å². The number of rotatable bonds is 7. The van der Waals surface area contributed by atoms with Crippen LogP contribution in [0.15, 0.2) is 53.1 Å². The van der Waals surface area contributed by atoms with E-state index in [-0.39, 0.29) is 17.6 Å². The number of nitrogens with zero attached hydrogens (tertiary/aromatic N) is 4.